The maximum atomic E-state index is 12.9. The SMILES string of the molecule is C[C@@H]1Sc2ccc(C(=O)Nc3cc(Cl)ccc3N3CCCCC3)cc2NC1=O. The maximum absolute atomic E-state index is 12.9. The Hall–Kier alpha value is -2.18. The van der Waals surface area contributed by atoms with Crippen molar-refractivity contribution in [2.45, 2.75) is 36.3 Å². The molecule has 0 aliphatic carbocycles. The minimum absolute atomic E-state index is 0.0442. The van der Waals surface area contributed by atoms with E-state index in [1.165, 1.54) is 18.2 Å². The average Bonchev–Trinajstić information content (AvgIpc) is 2.69. The molecule has 0 radical (unpaired) electrons. The van der Waals surface area contributed by atoms with Crippen molar-refractivity contribution in [3.8, 4) is 0 Å². The molecule has 2 heterocycles. The summed E-state index contributed by atoms with van der Waals surface area (Å²) >= 11 is 7.69. The zero-order chi connectivity index (χ0) is 19.7. The molecule has 0 aromatic heterocycles. The predicted molar refractivity (Wildman–Crippen MR) is 116 cm³/mol. The van der Waals surface area contributed by atoms with Crippen molar-refractivity contribution in [1.29, 1.82) is 0 Å². The van der Waals surface area contributed by atoms with Crippen molar-refractivity contribution >= 4 is 52.2 Å². The normalized spacial score (nSPS) is 19.0. The summed E-state index contributed by atoms with van der Waals surface area (Å²) < 4.78 is 0. The van der Waals surface area contributed by atoms with Crippen molar-refractivity contribution in [1.82, 2.24) is 0 Å². The largest absolute Gasteiger partial charge is 0.370 e. The Morgan fingerprint density at radius 3 is 2.75 bits per heavy atom. The quantitative estimate of drug-likeness (QED) is 0.739. The number of thioether (sulfide) groups is 1. The molecule has 5 nitrogen and oxygen atoms in total. The fourth-order valence-corrected chi connectivity index (χ4v) is 4.67. The molecule has 1 saturated heterocycles. The second-order valence-corrected chi connectivity index (χ2v) is 8.94. The summed E-state index contributed by atoms with van der Waals surface area (Å²) in [7, 11) is 0. The van der Waals surface area contributed by atoms with Crippen molar-refractivity contribution in [2.75, 3.05) is 28.6 Å². The number of carbonyl (C=O) groups excluding carboxylic acids is 2. The standard InChI is InChI=1S/C21H22ClN3O2S/c1-13-20(26)24-17-11-14(5-8-19(17)28-13)21(27)23-16-12-15(22)6-7-18(16)25-9-3-2-4-10-25/h5-8,11-13H,2-4,9-10H2,1H3,(H,23,27)(H,24,26)/t13-/m0/s1. The average molecular weight is 416 g/mol. The van der Waals surface area contributed by atoms with Gasteiger partial charge in [0, 0.05) is 28.6 Å². The highest BCUT2D eigenvalue weighted by Crippen LogP contribution is 2.36. The molecule has 0 unspecified atom stereocenters. The highest BCUT2D eigenvalue weighted by Gasteiger charge is 2.24. The van der Waals surface area contributed by atoms with Gasteiger partial charge in [-0.2, -0.15) is 0 Å². The Balaban J connectivity index is 1.58. The first-order chi connectivity index (χ1) is 13.5. The second-order valence-electron chi connectivity index (χ2n) is 7.12. The molecule has 2 aliphatic rings. The molecule has 7 heteroatoms. The molecule has 2 aliphatic heterocycles. The van der Waals surface area contributed by atoms with E-state index in [1.807, 2.05) is 25.1 Å². The smallest absolute Gasteiger partial charge is 0.255 e. The predicted octanol–water partition coefficient (Wildman–Crippen LogP) is 5.02. The van der Waals surface area contributed by atoms with Crippen LogP contribution in [0.2, 0.25) is 5.02 Å². The van der Waals surface area contributed by atoms with Gasteiger partial charge in [0.25, 0.3) is 5.91 Å². The van der Waals surface area contributed by atoms with Crippen LogP contribution < -0.4 is 15.5 Å². The van der Waals surface area contributed by atoms with E-state index in [2.05, 4.69) is 15.5 Å². The zero-order valence-corrected chi connectivity index (χ0v) is 17.2. The summed E-state index contributed by atoms with van der Waals surface area (Å²) in [5.41, 5.74) is 2.89. The number of rotatable bonds is 3. The van der Waals surface area contributed by atoms with E-state index in [1.54, 1.807) is 18.2 Å². The molecule has 2 aromatic carbocycles. The Labute approximate surface area is 173 Å². The molecule has 0 saturated carbocycles. The highest BCUT2D eigenvalue weighted by atomic mass is 35.5. The van der Waals surface area contributed by atoms with Crippen LogP contribution in [0.15, 0.2) is 41.3 Å². The number of nitrogens with one attached hydrogen (secondary N) is 2. The van der Waals surface area contributed by atoms with Gasteiger partial charge in [-0.25, -0.2) is 0 Å². The van der Waals surface area contributed by atoms with Crippen LogP contribution in [0.3, 0.4) is 0 Å². The summed E-state index contributed by atoms with van der Waals surface area (Å²) in [4.78, 5) is 28.1. The number of hydrogen-bond acceptors (Lipinski definition) is 4. The fraction of sp³-hybridized carbons (Fsp3) is 0.333. The highest BCUT2D eigenvalue weighted by molar-refractivity contribution is 8.00. The molecule has 1 fully saturated rings. The Morgan fingerprint density at radius 2 is 1.96 bits per heavy atom. The third-order valence-corrected chi connectivity index (χ3v) is 6.49. The minimum atomic E-state index is -0.221. The molecule has 0 spiro atoms. The number of piperidine rings is 1. The molecule has 0 bridgehead atoms. The number of hydrogen-bond donors (Lipinski definition) is 2. The first-order valence-electron chi connectivity index (χ1n) is 9.49. The summed E-state index contributed by atoms with van der Waals surface area (Å²) in [5.74, 6) is -0.265. The van der Waals surface area contributed by atoms with Gasteiger partial charge in [0.2, 0.25) is 5.91 Å². The fourth-order valence-electron chi connectivity index (χ4n) is 3.56. The summed E-state index contributed by atoms with van der Waals surface area (Å²) in [6.45, 7) is 3.82. The Bertz CT molecular complexity index is 928. The van der Waals surface area contributed by atoms with Gasteiger partial charge in [-0.1, -0.05) is 11.6 Å². The van der Waals surface area contributed by atoms with Crippen LogP contribution in [-0.4, -0.2) is 30.2 Å². The van der Waals surface area contributed by atoms with Crippen molar-refractivity contribution in [2.24, 2.45) is 0 Å². The molecule has 146 valence electrons. The van der Waals surface area contributed by atoms with E-state index in [9.17, 15) is 9.59 Å². The first-order valence-corrected chi connectivity index (χ1v) is 10.7. The number of fused-ring (bicyclic) bond motifs is 1. The first kappa shape index (κ1) is 19.2. The lowest BCUT2D eigenvalue weighted by Crippen LogP contribution is -2.30. The second kappa shape index (κ2) is 8.05. The minimum Gasteiger partial charge on any atom is -0.370 e. The van der Waals surface area contributed by atoms with E-state index >= 15 is 0 Å². The van der Waals surface area contributed by atoms with Crippen LogP contribution in [0, 0.1) is 0 Å². The number of nitrogens with zero attached hydrogens (tertiary/aromatic N) is 1. The van der Waals surface area contributed by atoms with Gasteiger partial charge in [0.1, 0.15) is 0 Å². The lowest BCUT2D eigenvalue weighted by Gasteiger charge is -2.30. The van der Waals surface area contributed by atoms with Gasteiger partial charge < -0.3 is 15.5 Å². The van der Waals surface area contributed by atoms with Gasteiger partial charge in [-0.05, 0) is 62.6 Å². The van der Waals surface area contributed by atoms with Crippen LogP contribution in [0.4, 0.5) is 17.1 Å². The van der Waals surface area contributed by atoms with Gasteiger partial charge in [-0.15, -0.1) is 11.8 Å². The molecule has 4 rings (SSSR count). The van der Waals surface area contributed by atoms with E-state index in [4.69, 9.17) is 11.6 Å². The van der Waals surface area contributed by atoms with Crippen molar-refractivity contribution in [3.63, 3.8) is 0 Å². The number of anilines is 3. The van der Waals surface area contributed by atoms with Gasteiger partial charge >= 0.3 is 0 Å². The van der Waals surface area contributed by atoms with Crippen LogP contribution in [0.5, 0.6) is 0 Å². The Kier molecular flexibility index (Phi) is 5.51. The van der Waals surface area contributed by atoms with E-state index in [0.717, 1.165) is 36.5 Å². The van der Waals surface area contributed by atoms with Crippen LogP contribution in [0.25, 0.3) is 0 Å². The van der Waals surface area contributed by atoms with Crippen LogP contribution >= 0.6 is 23.4 Å². The van der Waals surface area contributed by atoms with Crippen LogP contribution in [-0.2, 0) is 4.79 Å². The van der Waals surface area contributed by atoms with Gasteiger partial charge in [0.05, 0.1) is 22.3 Å². The maximum Gasteiger partial charge on any atom is 0.255 e. The molecule has 2 aromatic rings. The molecular formula is C21H22ClN3O2S. The molecule has 2 amide bonds. The third-order valence-electron chi connectivity index (χ3n) is 5.08. The zero-order valence-electron chi connectivity index (χ0n) is 15.6. The van der Waals surface area contributed by atoms with Crippen molar-refractivity contribution in [3.05, 3.63) is 47.0 Å². The molecule has 2 N–H and O–H groups in total. The Morgan fingerprint density at radius 1 is 1.18 bits per heavy atom. The number of benzene rings is 2. The number of amides is 2. The summed E-state index contributed by atoms with van der Waals surface area (Å²) in [6, 6.07) is 11.0. The number of halogens is 1. The number of carbonyl (C=O) groups is 2. The monoisotopic (exact) mass is 415 g/mol. The van der Waals surface area contributed by atoms with E-state index in [-0.39, 0.29) is 17.1 Å². The van der Waals surface area contributed by atoms with E-state index in [0.29, 0.717) is 22.0 Å². The van der Waals surface area contributed by atoms with E-state index < -0.39 is 0 Å². The molecule has 1 atom stereocenters. The lowest BCUT2D eigenvalue weighted by molar-refractivity contribution is -0.115. The van der Waals surface area contributed by atoms with Crippen molar-refractivity contribution < 1.29 is 9.59 Å². The van der Waals surface area contributed by atoms with Gasteiger partial charge in [0.15, 0.2) is 0 Å². The van der Waals surface area contributed by atoms with Gasteiger partial charge in [-0.3, -0.25) is 9.59 Å². The lowest BCUT2D eigenvalue weighted by atomic mass is 10.1. The summed E-state index contributed by atoms with van der Waals surface area (Å²) in [6.07, 6.45) is 3.54. The molecule has 28 heavy (non-hydrogen) atoms. The third kappa shape index (κ3) is 3.98. The summed E-state index contributed by atoms with van der Waals surface area (Å²) in [5, 5.41) is 6.33. The topological polar surface area (TPSA) is 61.4 Å². The van der Waals surface area contributed by atoms with Crippen LogP contribution in [0.1, 0.15) is 36.5 Å². The molecular weight excluding hydrogens is 394 g/mol.